The highest BCUT2D eigenvalue weighted by Gasteiger charge is 2.23. The molecule has 0 radical (unpaired) electrons. The minimum Gasteiger partial charge on any atom is -0.497 e. The van der Waals surface area contributed by atoms with Crippen LogP contribution in [-0.4, -0.2) is 37.6 Å². The number of carboxylic acid groups (broad SMARTS) is 1. The van der Waals surface area contributed by atoms with Crippen LogP contribution in [-0.2, 0) is 16.0 Å². The summed E-state index contributed by atoms with van der Waals surface area (Å²) in [6.45, 7) is 1.98. The molecule has 0 fully saturated rings. The van der Waals surface area contributed by atoms with Crippen molar-refractivity contribution in [3.63, 3.8) is 0 Å². The number of hydrogen-bond donors (Lipinski definition) is 1. The third-order valence-corrected chi connectivity index (χ3v) is 5.14. The summed E-state index contributed by atoms with van der Waals surface area (Å²) in [6, 6.07) is 15.1. The van der Waals surface area contributed by atoms with E-state index in [1.54, 1.807) is 61.5 Å². The third-order valence-electron chi connectivity index (χ3n) is 5.14. The van der Waals surface area contributed by atoms with Gasteiger partial charge in [0.05, 0.1) is 13.7 Å². The van der Waals surface area contributed by atoms with Crippen molar-refractivity contribution in [1.82, 2.24) is 0 Å². The van der Waals surface area contributed by atoms with Crippen LogP contribution in [0.3, 0.4) is 0 Å². The lowest BCUT2D eigenvalue weighted by atomic mass is 10.1. The van der Waals surface area contributed by atoms with E-state index >= 15 is 0 Å². The minimum atomic E-state index is -0.940. The number of aliphatic carboxylic acids is 1. The molecule has 182 valence electrons. The lowest BCUT2D eigenvalue weighted by Gasteiger charge is -2.17. The molecule has 3 aromatic rings. The Balaban J connectivity index is 1.70. The van der Waals surface area contributed by atoms with Crippen LogP contribution in [0, 0.1) is 0 Å². The molecule has 0 amide bonds. The first-order valence-corrected chi connectivity index (χ1v) is 10.9. The van der Waals surface area contributed by atoms with E-state index in [9.17, 15) is 9.59 Å². The highest BCUT2D eigenvalue weighted by molar-refractivity contribution is 5.96. The molecule has 0 saturated carbocycles. The Kier molecular flexibility index (Phi) is 7.25. The second-order valence-electron chi connectivity index (χ2n) is 7.44. The number of fused-ring (bicyclic) bond motifs is 1. The molecule has 0 atom stereocenters. The Morgan fingerprint density at radius 1 is 0.914 bits per heavy atom. The maximum absolute atomic E-state index is 12.9. The van der Waals surface area contributed by atoms with Gasteiger partial charge in [0.15, 0.2) is 11.5 Å². The van der Waals surface area contributed by atoms with Crippen molar-refractivity contribution in [1.29, 1.82) is 0 Å². The number of rotatable bonds is 10. The van der Waals surface area contributed by atoms with Gasteiger partial charge in [-0.25, -0.2) is 4.79 Å². The van der Waals surface area contributed by atoms with Crippen molar-refractivity contribution in [2.24, 2.45) is 0 Å². The molecule has 0 saturated heterocycles. The van der Waals surface area contributed by atoms with Crippen molar-refractivity contribution in [2.45, 2.75) is 19.8 Å². The first-order valence-electron chi connectivity index (χ1n) is 10.9. The standard InChI is InChI=1S/C26H24O9/c1-3-31-26(29)25-21(34-18-9-11-20-23(14-18)33-15-32-20)5-4-6-22(25)35-19-10-8-17(30-2)13-16(19)7-12-24(27)28/h4-6,8-11,13-14H,3,7,12,15H2,1-2H3,(H,27,28). The van der Waals surface area contributed by atoms with E-state index in [1.165, 1.54) is 7.11 Å². The number of aryl methyl sites for hydroxylation is 1. The van der Waals surface area contributed by atoms with Crippen LogP contribution in [0.4, 0.5) is 0 Å². The predicted octanol–water partition coefficient (Wildman–Crippen LogP) is 5.20. The van der Waals surface area contributed by atoms with Gasteiger partial charge >= 0.3 is 11.9 Å². The lowest BCUT2D eigenvalue weighted by Crippen LogP contribution is -2.09. The Hall–Kier alpha value is -4.40. The van der Waals surface area contributed by atoms with E-state index in [2.05, 4.69) is 0 Å². The van der Waals surface area contributed by atoms with Gasteiger partial charge in [-0.15, -0.1) is 0 Å². The molecular weight excluding hydrogens is 456 g/mol. The highest BCUT2D eigenvalue weighted by atomic mass is 16.7. The number of esters is 1. The molecule has 9 heteroatoms. The number of ether oxygens (including phenoxy) is 6. The first kappa shape index (κ1) is 23.7. The van der Waals surface area contributed by atoms with Gasteiger partial charge in [0.1, 0.15) is 34.3 Å². The predicted molar refractivity (Wildman–Crippen MR) is 124 cm³/mol. The average Bonchev–Trinajstić information content (AvgIpc) is 3.31. The van der Waals surface area contributed by atoms with Crippen molar-refractivity contribution in [2.75, 3.05) is 20.5 Å². The van der Waals surface area contributed by atoms with Crippen LogP contribution in [0.5, 0.6) is 40.2 Å². The SMILES string of the molecule is CCOC(=O)c1c(Oc2ccc3c(c2)OCO3)cccc1Oc1ccc(OC)cc1CCC(=O)O. The molecule has 0 spiro atoms. The van der Waals surface area contributed by atoms with Crippen molar-refractivity contribution in [3.8, 4) is 40.2 Å². The monoisotopic (exact) mass is 480 g/mol. The maximum atomic E-state index is 12.9. The molecule has 0 bridgehead atoms. The number of hydrogen-bond acceptors (Lipinski definition) is 8. The maximum Gasteiger partial charge on any atom is 0.345 e. The topological polar surface area (TPSA) is 110 Å². The number of carboxylic acids is 1. The molecule has 1 aliphatic heterocycles. The molecular formula is C26H24O9. The molecule has 1 N–H and O–H groups in total. The zero-order valence-corrected chi connectivity index (χ0v) is 19.2. The van der Waals surface area contributed by atoms with Gasteiger partial charge in [-0.3, -0.25) is 4.79 Å². The van der Waals surface area contributed by atoms with Crippen LogP contribution in [0.1, 0.15) is 29.3 Å². The average molecular weight is 480 g/mol. The van der Waals surface area contributed by atoms with Gasteiger partial charge in [-0.1, -0.05) is 6.07 Å². The molecule has 0 unspecified atom stereocenters. The molecule has 0 aliphatic carbocycles. The van der Waals surface area contributed by atoms with Gasteiger partial charge in [0.25, 0.3) is 0 Å². The normalized spacial score (nSPS) is 11.6. The summed E-state index contributed by atoms with van der Waals surface area (Å²) in [5.74, 6) is 1.38. The van der Waals surface area contributed by atoms with Gasteiger partial charge in [0, 0.05) is 12.5 Å². The summed E-state index contributed by atoms with van der Waals surface area (Å²) < 4.78 is 33.4. The summed E-state index contributed by atoms with van der Waals surface area (Å²) >= 11 is 0. The van der Waals surface area contributed by atoms with E-state index in [4.69, 9.17) is 33.5 Å². The van der Waals surface area contributed by atoms with Crippen LogP contribution < -0.4 is 23.7 Å². The Morgan fingerprint density at radius 2 is 1.66 bits per heavy atom. The molecule has 1 heterocycles. The fraction of sp³-hybridized carbons (Fsp3) is 0.231. The summed E-state index contributed by atoms with van der Waals surface area (Å²) in [7, 11) is 1.52. The second-order valence-corrected chi connectivity index (χ2v) is 7.44. The minimum absolute atomic E-state index is 0.0898. The molecule has 9 nitrogen and oxygen atoms in total. The van der Waals surface area contributed by atoms with E-state index in [0.29, 0.717) is 34.3 Å². The van der Waals surface area contributed by atoms with Gasteiger partial charge in [0.2, 0.25) is 6.79 Å². The number of methoxy groups -OCH3 is 1. The summed E-state index contributed by atoms with van der Waals surface area (Å²) in [5, 5.41) is 9.13. The lowest BCUT2D eigenvalue weighted by molar-refractivity contribution is -0.136. The molecule has 3 aromatic carbocycles. The Morgan fingerprint density at radius 3 is 2.40 bits per heavy atom. The van der Waals surface area contributed by atoms with Crippen LogP contribution in [0.2, 0.25) is 0 Å². The van der Waals surface area contributed by atoms with E-state index < -0.39 is 11.9 Å². The number of carbonyl (C=O) groups is 2. The van der Waals surface area contributed by atoms with Crippen molar-refractivity contribution >= 4 is 11.9 Å². The van der Waals surface area contributed by atoms with Crippen LogP contribution >= 0.6 is 0 Å². The molecule has 0 aromatic heterocycles. The Labute approximate surface area is 201 Å². The van der Waals surface area contributed by atoms with Crippen molar-refractivity contribution in [3.05, 3.63) is 65.7 Å². The largest absolute Gasteiger partial charge is 0.497 e. The van der Waals surface area contributed by atoms with E-state index in [0.717, 1.165) is 0 Å². The first-order chi connectivity index (χ1) is 17.0. The van der Waals surface area contributed by atoms with Crippen LogP contribution in [0.15, 0.2) is 54.6 Å². The van der Waals surface area contributed by atoms with E-state index in [-0.39, 0.29) is 43.3 Å². The quantitative estimate of drug-likeness (QED) is 0.391. The zero-order chi connectivity index (χ0) is 24.8. The molecule has 35 heavy (non-hydrogen) atoms. The second kappa shape index (κ2) is 10.7. The fourth-order valence-electron chi connectivity index (χ4n) is 3.49. The smallest absolute Gasteiger partial charge is 0.345 e. The number of benzene rings is 3. The third kappa shape index (κ3) is 5.57. The van der Waals surface area contributed by atoms with Gasteiger partial charge in [-0.05, 0) is 61.4 Å². The van der Waals surface area contributed by atoms with Gasteiger partial charge < -0.3 is 33.5 Å². The molecule has 1 aliphatic rings. The summed E-state index contributed by atoms with van der Waals surface area (Å²) in [5.41, 5.74) is 0.704. The fourth-order valence-corrected chi connectivity index (χ4v) is 3.49. The van der Waals surface area contributed by atoms with Crippen molar-refractivity contribution < 1.29 is 43.1 Å². The summed E-state index contributed by atoms with van der Waals surface area (Å²) in [4.78, 5) is 24.1. The highest BCUT2D eigenvalue weighted by Crippen LogP contribution is 2.40. The van der Waals surface area contributed by atoms with E-state index in [1.807, 2.05) is 0 Å². The zero-order valence-electron chi connectivity index (χ0n) is 19.2. The summed E-state index contributed by atoms with van der Waals surface area (Å²) in [6.07, 6.45) is 0.117. The Bertz CT molecular complexity index is 1240. The van der Waals surface area contributed by atoms with Crippen LogP contribution in [0.25, 0.3) is 0 Å². The molecule has 4 rings (SSSR count). The number of carbonyl (C=O) groups excluding carboxylic acids is 1. The van der Waals surface area contributed by atoms with Gasteiger partial charge in [-0.2, -0.15) is 0 Å².